The summed E-state index contributed by atoms with van der Waals surface area (Å²) in [6.45, 7) is 8.32. The first kappa shape index (κ1) is 9.17. The molecule has 0 saturated carbocycles. The summed E-state index contributed by atoms with van der Waals surface area (Å²) in [6.07, 6.45) is 0. The SMILES string of the molecule is C[C](C)c1ccc(C(C)C)nn1. The molecule has 0 N–H and O–H groups in total. The number of nitrogens with zero attached hydrogens (tertiary/aromatic N) is 2. The molecule has 0 unspecified atom stereocenters. The van der Waals surface area contributed by atoms with E-state index in [2.05, 4.69) is 24.0 Å². The molecule has 2 heteroatoms. The molecule has 1 heterocycles. The van der Waals surface area contributed by atoms with Crippen molar-refractivity contribution in [2.24, 2.45) is 0 Å². The first-order valence-electron chi connectivity index (χ1n) is 4.25. The lowest BCUT2D eigenvalue weighted by atomic mass is 10.1. The minimum absolute atomic E-state index is 0.462. The molecule has 0 spiro atoms. The molecular formula is C10H15N2. The van der Waals surface area contributed by atoms with Gasteiger partial charge in [0.25, 0.3) is 0 Å². The van der Waals surface area contributed by atoms with Crippen molar-refractivity contribution < 1.29 is 0 Å². The highest BCUT2D eigenvalue weighted by Gasteiger charge is 2.04. The van der Waals surface area contributed by atoms with E-state index in [-0.39, 0.29) is 0 Å². The second kappa shape index (κ2) is 3.65. The highest BCUT2D eigenvalue weighted by Crippen LogP contribution is 2.13. The fourth-order valence-electron chi connectivity index (χ4n) is 0.917. The molecule has 2 nitrogen and oxygen atoms in total. The van der Waals surface area contributed by atoms with Crippen LogP contribution in [0.3, 0.4) is 0 Å². The predicted molar refractivity (Wildman–Crippen MR) is 49.8 cm³/mol. The van der Waals surface area contributed by atoms with Gasteiger partial charge in [-0.1, -0.05) is 27.7 Å². The normalized spacial score (nSPS) is 11.2. The maximum atomic E-state index is 4.13. The quantitative estimate of drug-likeness (QED) is 0.669. The Bertz CT molecular complexity index is 210. The van der Waals surface area contributed by atoms with Crippen molar-refractivity contribution in [2.75, 3.05) is 0 Å². The van der Waals surface area contributed by atoms with Crippen molar-refractivity contribution in [3.05, 3.63) is 29.4 Å². The molecule has 1 aromatic heterocycles. The molecular weight excluding hydrogens is 148 g/mol. The van der Waals surface area contributed by atoms with Crippen molar-refractivity contribution in [1.82, 2.24) is 10.2 Å². The fourth-order valence-corrected chi connectivity index (χ4v) is 0.917. The third kappa shape index (κ3) is 2.03. The Labute approximate surface area is 74.0 Å². The van der Waals surface area contributed by atoms with Crippen molar-refractivity contribution in [3.8, 4) is 0 Å². The molecule has 0 aliphatic heterocycles. The second-order valence-corrected chi connectivity index (χ2v) is 3.50. The van der Waals surface area contributed by atoms with E-state index in [1.807, 2.05) is 26.0 Å². The van der Waals surface area contributed by atoms with Crippen molar-refractivity contribution >= 4 is 0 Å². The zero-order chi connectivity index (χ0) is 9.14. The summed E-state index contributed by atoms with van der Waals surface area (Å²) in [5, 5.41) is 8.24. The van der Waals surface area contributed by atoms with Crippen LogP contribution in [0.1, 0.15) is 45.0 Å². The van der Waals surface area contributed by atoms with Crippen LogP contribution < -0.4 is 0 Å². The van der Waals surface area contributed by atoms with E-state index < -0.39 is 0 Å². The van der Waals surface area contributed by atoms with Gasteiger partial charge in [0.15, 0.2) is 0 Å². The van der Waals surface area contributed by atoms with E-state index >= 15 is 0 Å². The lowest BCUT2D eigenvalue weighted by Gasteiger charge is -2.05. The van der Waals surface area contributed by atoms with E-state index in [1.165, 1.54) is 5.92 Å². The van der Waals surface area contributed by atoms with Crippen LogP contribution in [0.4, 0.5) is 0 Å². The van der Waals surface area contributed by atoms with Gasteiger partial charge in [-0.15, -0.1) is 0 Å². The van der Waals surface area contributed by atoms with Gasteiger partial charge >= 0.3 is 0 Å². The van der Waals surface area contributed by atoms with Crippen LogP contribution in [-0.4, -0.2) is 10.2 Å². The number of hydrogen-bond donors (Lipinski definition) is 0. The van der Waals surface area contributed by atoms with Gasteiger partial charge in [0.05, 0.1) is 11.4 Å². The maximum Gasteiger partial charge on any atom is 0.0696 e. The van der Waals surface area contributed by atoms with E-state index in [4.69, 9.17) is 0 Å². The van der Waals surface area contributed by atoms with E-state index in [0.717, 1.165) is 11.4 Å². The largest absolute Gasteiger partial charge is 0.155 e. The summed E-state index contributed by atoms with van der Waals surface area (Å²) in [5.41, 5.74) is 2.04. The molecule has 1 radical (unpaired) electrons. The number of hydrogen-bond acceptors (Lipinski definition) is 2. The van der Waals surface area contributed by atoms with E-state index in [9.17, 15) is 0 Å². The van der Waals surface area contributed by atoms with Crippen LogP contribution in [0.5, 0.6) is 0 Å². The summed E-state index contributed by atoms with van der Waals surface area (Å²) < 4.78 is 0. The average molecular weight is 163 g/mol. The van der Waals surface area contributed by atoms with Crippen LogP contribution in [0.25, 0.3) is 0 Å². The molecule has 0 atom stereocenters. The first-order chi connectivity index (χ1) is 5.61. The Morgan fingerprint density at radius 2 is 1.83 bits per heavy atom. The number of aromatic nitrogens is 2. The average Bonchev–Trinajstić information content (AvgIpc) is 2.04. The van der Waals surface area contributed by atoms with Gasteiger partial charge < -0.3 is 0 Å². The molecule has 0 saturated heterocycles. The lowest BCUT2D eigenvalue weighted by Crippen LogP contribution is -2.00. The van der Waals surface area contributed by atoms with Gasteiger partial charge in [-0.25, -0.2) is 0 Å². The maximum absolute atomic E-state index is 4.13. The van der Waals surface area contributed by atoms with Crippen LogP contribution in [0.15, 0.2) is 12.1 Å². The summed E-state index contributed by atoms with van der Waals surface area (Å²) >= 11 is 0. The van der Waals surface area contributed by atoms with Crippen LogP contribution in [-0.2, 0) is 0 Å². The Morgan fingerprint density at radius 3 is 2.17 bits per heavy atom. The summed E-state index contributed by atoms with van der Waals surface area (Å²) in [7, 11) is 0. The topological polar surface area (TPSA) is 25.8 Å². The molecule has 1 rings (SSSR count). The lowest BCUT2D eigenvalue weighted by molar-refractivity contribution is 0.772. The standard InChI is InChI=1S/C10H15N2/c1-7(2)9-5-6-10(8(3)4)12-11-9/h5-7H,1-4H3. The van der Waals surface area contributed by atoms with Crippen molar-refractivity contribution in [1.29, 1.82) is 0 Å². The molecule has 0 aromatic carbocycles. The monoisotopic (exact) mass is 163 g/mol. The molecule has 12 heavy (non-hydrogen) atoms. The Kier molecular flexibility index (Phi) is 2.79. The van der Waals surface area contributed by atoms with Gasteiger partial charge in [0.2, 0.25) is 0 Å². The third-order valence-electron chi connectivity index (χ3n) is 1.79. The third-order valence-corrected chi connectivity index (χ3v) is 1.79. The van der Waals surface area contributed by atoms with Gasteiger partial charge in [-0.05, 0) is 18.1 Å². The van der Waals surface area contributed by atoms with E-state index in [0.29, 0.717) is 5.92 Å². The second-order valence-electron chi connectivity index (χ2n) is 3.50. The fraction of sp³-hybridized carbons (Fsp3) is 0.500. The highest BCUT2D eigenvalue weighted by molar-refractivity contribution is 5.20. The minimum atomic E-state index is 0.462. The molecule has 0 aliphatic carbocycles. The molecule has 0 aliphatic rings. The molecule has 65 valence electrons. The summed E-state index contributed by atoms with van der Waals surface area (Å²) in [5.74, 6) is 1.67. The Balaban J connectivity index is 2.86. The molecule has 0 amide bonds. The van der Waals surface area contributed by atoms with Crippen LogP contribution in [0.2, 0.25) is 0 Å². The summed E-state index contributed by atoms with van der Waals surface area (Å²) in [6, 6.07) is 4.07. The highest BCUT2D eigenvalue weighted by atomic mass is 15.1. The smallest absolute Gasteiger partial charge is 0.0696 e. The van der Waals surface area contributed by atoms with Gasteiger partial charge in [0, 0.05) is 5.92 Å². The number of rotatable bonds is 2. The minimum Gasteiger partial charge on any atom is -0.155 e. The summed E-state index contributed by atoms with van der Waals surface area (Å²) in [4.78, 5) is 0. The Hall–Kier alpha value is -0.920. The van der Waals surface area contributed by atoms with Gasteiger partial charge in [-0.2, -0.15) is 10.2 Å². The van der Waals surface area contributed by atoms with Crippen LogP contribution >= 0.6 is 0 Å². The zero-order valence-electron chi connectivity index (χ0n) is 8.13. The predicted octanol–water partition coefficient (Wildman–Crippen LogP) is 2.56. The van der Waals surface area contributed by atoms with E-state index in [1.54, 1.807) is 0 Å². The van der Waals surface area contributed by atoms with Gasteiger partial charge in [-0.3, -0.25) is 0 Å². The van der Waals surface area contributed by atoms with Crippen LogP contribution in [0, 0.1) is 5.92 Å². The zero-order valence-corrected chi connectivity index (χ0v) is 8.13. The molecule has 1 aromatic rings. The molecule has 0 fully saturated rings. The Morgan fingerprint density at radius 1 is 1.17 bits per heavy atom. The first-order valence-corrected chi connectivity index (χ1v) is 4.25. The van der Waals surface area contributed by atoms with Gasteiger partial charge in [0.1, 0.15) is 0 Å². The molecule has 0 bridgehead atoms. The van der Waals surface area contributed by atoms with Crippen molar-refractivity contribution in [3.63, 3.8) is 0 Å². The van der Waals surface area contributed by atoms with Crippen molar-refractivity contribution in [2.45, 2.75) is 33.6 Å².